The Morgan fingerprint density at radius 2 is 1.90 bits per heavy atom. The highest BCUT2D eigenvalue weighted by molar-refractivity contribution is 7.89. The van der Waals surface area contributed by atoms with Crippen molar-refractivity contribution in [1.82, 2.24) is 9.62 Å². The van der Waals surface area contributed by atoms with Crippen LogP contribution >= 0.6 is 12.2 Å². The Labute approximate surface area is 126 Å². The van der Waals surface area contributed by atoms with E-state index in [2.05, 4.69) is 4.72 Å². The van der Waals surface area contributed by atoms with Gasteiger partial charge in [-0.25, -0.2) is 13.1 Å². The maximum absolute atomic E-state index is 12.2. The molecule has 0 aliphatic carbocycles. The van der Waals surface area contributed by atoms with Crippen LogP contribution in [0.5, 0.6) is 0 Å². The van der Waals surface area contributed by atoms with E-state index >= 15 is 0 Å². The van der Waals surface area contributed by atoms with Gasteiger partial charge in [0.1, 0.15) is 4.99 Å². The fraction of sp³-hybridized carbons (Fsp3) is 0.462. The fourth-order valence-corrected chi connectivity index (χ4v) is 3.06. The zero-order valence-electron chi connectivity index (χ0n) is 12.0. The summed E-state index contributed by atoms with van der Waals surface area (Å²) in [4.78, 5) is 2.48. The molecule has 1 unspecified atom stereocenters. The second-order valence-electron chi connectivity index (χ2n) is 5.00. The minimum atomic E-state index is -3.50. The van der Waals surface area contributed by atoms with Crippen LogP contribution in [-0.4, -0.2) is 45.0 Å². The van der Waals surface area contributed by atoms with Crippen molar-refractivity contribution in [3.8, 4) is 0 Å². The lowest BCUT2D eigenvalue weighted by molar-refractivity contribution is 0.379. The van der Waals surface area contributed by atoms with E-state index in [-0.39, 0.29) is 15.9 Å². The Morgan fingerprint density at radius 1 is 1.35 bits per heavy atom. The van der Waals surface area contributed by atoms with Crippen molar-refractivity contribution in [1.29, 1.82) is 0 Å². The van der Waals surface area contributed by atoms with Gasteiger partial charge in [-0.05, 0) is 46.1 Å². The Hall–Kier alpha value is -1.02. The lowest BCUT2D eigenvalue weighted by atomic mass is 10.2. The zero-order valence-corrected chi connectivity index (χ0v) is 13.6. The molecule has 7 heteroatoms. The topological polar surface area (TPSA) is 75.4 Å². The second-order valence-corrected chi connectivity index (χ2v) is 7.16. The second kappa shape index (κ2) is 7.12. The monoisotopic (exact) mass is 315 g/mol. The van der Waals surface area contributed by atoms with Crippen LogP contribution in [0.4, 0.5) is 0 Å². The summed E-state index contributed by atoms with van der Waals surface area (Å²) in [5.74, 6) is 0. The number of rotatable bonds is 7. The predicted molar refractivity (Wildman–Crippen MR) is 85.3 cm³/mol. The molecule has 0 bridgehead atoms. The number of nitrogens with zero attached hydrogens (tertiary/aromatic N) is 1. The van der Waals surface area contributed by atoms with E-state index in [1.165, 1.54) is 12.1 Å². The van der Waals surface area contributed by atoms with Crippen LogP contribution in [0.1, 0.15) is 18.9 Å². The first-order valence-corrected chi connectivity index (χ1v) is 8.18. The van der Waals surface area contributed by atoms with Gasteiger partial charge in [-0.3, -0.25) is 0 Å². The molecule has 0 heterocycles. The number of benzene rings is 1. The first kappa shape index (κ1) is 17.0. The van der Waals surface area contributed by atoms with Gasteiger partial charge < -0.3 is 10.6 Å². The molecule has 20 heavy (non-hydrogen) atoms. The van der Waals surface area contributed by atoms with Gasteiger partial charge in [0.05, 0.1) is 4.90 Å². The minimum absolute atomic E-state index is 0.127. The molecule has 1 atom stereocenters. The summed E-state index contributed by atoms with van der Waals surface area (Å²) in [6.45, 7) is 2.68. The first-order valence-electron chi connectivity index (χ1n) is 6.29. The molecular weight excluding hydrogens is 294 g/mol. The maximum Gasteiger partial charge on any atom is 0.240 e. The van der Waals surface area contributed by atoms with Crippen LogP contribution in [0.3, 0.4) is 0 Å². The molecule has 1 aromatic rings. The highest BCUT2D eigenvalue weighted by atomic mass is 32.2. The highest BCUT2D eigenvalue weighted by Gasteiger charge is 2.17. The zero-order chi connectivity index (χ0) is 15.3. The van der Waals surface area contributed by atoms with Crippen molar-refractivity contribution in [2.45, 2.75) is 24.3 Å². The number of sulfonamides is 1. The smallest absolute Gasteiger partial charge is 0.240 e. The third-order valence-corrected chi connectivity index (χ3v) is 4.66. The average molecular weight is 315 g/mol. The molecule has 1 aromatic carbocycles. The summed E-state index contributed by atoms with van der Waals surface area (Å²) in [6, 6.07) is 6.12. The van der Waals surface area contributed by atoms with Crippen LogP contribution < -0.4 is 10.5 Å². The third-order valence-electron chi connectivity index (χ3n) is 2.81. The summed E-state index contributed by atoms with van der Waals surface area (Å²) < 4.78 is 27.0. The highest BCUT2D eigenvalue weighted by Crippen LogP contribution is 2.11. The summed E-state index contributed by atoms with van der Waals surface area (Å²) >= 11 is 4.84. The van der Waals surface area contributed by atoms with Crippen LogP contribution in [0.2, 0.25) is 0 Å². The van der Waals surface area contributed by atoms with Gasteiger partial charge in [-0.2, -0.15) is 0 Å². The molecule has 0 aromatic heterocycles. The molecule has 0 aliphatic heterocycles. The molecule has 3 N–H and O–H groups in total. The van der Waals surface area contributed by atoms with Crippen molar-refractivity contribution >= 4 is 27.2 Å². The molecule has 0 saturated carbocycles. The Bertz CT molecular complexity index is 553. The Balaban J connectivity index is 2.75. The van der Waals surface area contributed by atoms with Crippen molar-refractivity contribution in [3.63, 3.8) is 0 Å². The van der Waals surface area contributed by atoms with Gasteiger partial charge >= 0.3 is 0 Å². The minimum Gasteiger partial charge on any atom is -0.389 e. The third kappa shape index (κ3) is 5.16. The number of hydrogen-bond acceptors (Lipinski definition) is 4. The van der Waals surface area contributed by atoms with E-state index in [1.807, 2.05) is 25.9 Å². The van der Waals surface area contributed by atoms with Gasteiger partial charge in [0, 0.05) is 11.6 Å². The standard InChI is InChI=1S/C13H21N3O2S2/c1-10(8-9-16(2)3)15-20(17,18)12-6-4-11(5-7-12)13(14)19/h4-7,10,15H,8-9H2,1-3H3,(H2,14,19). The molecule has 0 amide bonds. The Kier molecular flexibility index (Phi) is 6.07. The Morgan fingerprint density at radius 3 is 2.35 bits per heavy atom. The number of nitrogens with two attached hydrogens (primary N) is 1. The van der Waals surface area contributed by atoms with Gasteiger partial charge in [0.25, 0.3) is 0 Å². The number of hydrogen-bond donors (Lipinski definition) is 2. The predicted octanol–water partition coefficient (Wildman–Crippen LogP) is 0.939. The number of thiocarbonyl (C=S) groups is 1. The summed E-state index contributed by atoms with van der Waals surface area (Å²) in [5.41, 5.74) is 6.14. The van der Waals surface area contributed by atoms with Gasteiger partial charge in [-0.15, -0.1) is 0 Å². The van der Waals surface area contributed by atoms with Gasteiger partial charge in [-0.1, -0.05) is 24.4 Å². The van der Waals surface area contributed by atoms with E-state index in [4.69, 9.17) is 18.0 Å². The quantitative estimate of drug-likeness (QED) is 0.733. The molecular formula is C13H21N3O2S2. The van der Waals surface area contributed by atoms with E-state index in [1.54, 1.807) is 12.1 Å². The molecule has 0 fully saturated rings. The van der Waals surface area contributed by atoms with Gasteiger partial charge in [0.15, 0.2) is 0 Å². The molecule has 0 radical (unpaired) electrons. The molecule has 0 spiro atoms. The molecule has 0 aliphatic rings. The average Bonchev–Trinajstić information content (AvgIpc) is 2.36. The van der Waals surface area contributed by atoms with Crippen LogP contribution in [0, 0.1) is 0 Å². The van der Waals surface area contributed by atoms with E-state index in [0.717, 1.165) is 13.0 Å². The summed E-state index contributed by atoms with van der Waals surface area (Å²) in [5, 5.41) is 0. The summed E-state index contributed by atoms with van der Waals surface area (Å²) in [6.07, 6.45) is 0.747. The lowest BCUT2D eigenvalue weighted by Crippen LogP contribution is -2.34. The summed E-state index contributed by atoms with van der Waals surface area (Å²) in [7, 11) is 0.406. The van der Waals surface area contributed by atoms with Crippen LogP contribution in [-0.2, 0) is 10.0 Å². The fourth-order valence-electron chi connectivity index (χ4n) is 1.64. The first-order chi connectivity index (χ1) is 9.22. The van der Waals surface area contributed by atoms with E-state index in [0.29, 0.717) is 5.56 Å². The van der Waals surface area contributed by atoms with Crippen molar-refractivity contribution in [3.05, 3.63) is 29.8 Å². The lowest BCUT2D eigenvalue weighted by Gasteiger charge is -2.17. The SMILES string of the molecule is CC(CCN(C)C)NS(=O)(=O)c1ccc(C(N)=S)cc1. The van der Waals surface area contributed by atoms with Crippen molar-refractivity contribution < 1.29 is 8.42 Å². The largest absolute Gasteiger partial charge is 0.389 e. The molecule has 112 valence electrons. The molecule has 0 saturated heterocycles. The molecule has 5 nitrogen and oxygen atoms in total. The normalized spacial score (nSPS) is 13.4. The van der Waals surface area contributed by atoms with Gasteiger partial charge in [0.2, 0.25) is 10.0 Å². The van der Waals surface area contributed by atoms with Crippen LogP contribution in [0.25, 0.3) is 0 Å². The maximum atomic E-state index is 12.2. The number of nitrogens with one attached hydrogen (secondary N) is 1. The molecule has 1 rings (SSSR count). The van der Waals surface area contributed by atoms with E-state index in [9.17, 15) is 8.42 Å². The van der Waals surface area contributed by atoms with Crippen molar-refractivity contribution in [2.75, 3.05) is 20.6 Å². The van der Waals surface area contributed by atoms with Crippen LogP contribution in [0.15, 0.2) is 29.2 Å². The van der Waals surface area contributed by atoms with Crippen molar-refractivity contribution in [2.24, 2.45) is 5.73 Å². The van der Waals surface area contributed by atoms with E-state index < -0.39 is 10.0 Å².